The molecule has 1 rings (SSSR count). The topological polar surface area (TPSA) is 92.7 Å². The maximum atomic E-state index is 12.0. The molecule has 0 bridgehead atoms. The highest BCUT2D eigenvalue weighted by Crippen LogP contribution is 2.13. The van der Waals surface area contributed by atoms with Crippen LogP contribution in [-0.4, -0.2) is 34.6 Å². The second-order valence-corrected chi connectivity index (χ2v) is 6.80. The van der Waals surface area contributed by atoms with E-state index >= 15 is 0 Å². The van der Waals surface area contributed by atoms with Gasteiger partial charge < -0.3 is 15.2 Å². The third kappa shape index (κ3) is 7.46. The molecular formula is C17H22ClNO5. The number of aliphatic carboxylic acids is 1. The summed E-state index contributed by atoms with van der Waals surface area (Å²) in [6.07, 6.45) is -0.150. The van der Waals surface area contributed by atoms with Crippen molar-refractivity contribution in [1.29, 1.82) is 0 Å². The first-order valence-electron chi connectivity index (χ1n) is 7.59. The van der Waals surface area contributed by atoms with E-state index in [1.165, 1.54) is 0 Å². The van der Waals surface area contributed by atoms with E-state index in [1.54, 1.807) is 45.0 Å². The molecule has 0 saturated heterocycles. The van der Waals surface area contributed by atoms with Crippen LogP contribution >= 0.6 is 11.6 Å². The number of amides is 1. The van der Waals surface area contributed by atoms with Gasteiger partial charge in [0, 0.05) is 17.0 Å². The van der Waals surface area contributed by atoms with Gasteiger partial charge in [0.15, 0.2) is 5.78 Å². The minimum absolute atomic E-state index is 0.104. The number of hydrogen-bond acceptors (Lipinski definition) is 4. The SMILES string of the molecule is CC(C)(C)OC(=O)NC(CCCC(=O)c1ccc(Cl)cc1)C(=O)O. The van der Waals surface area contributed by atoms with E-state index in [0.29, 0.717) is 17.0 Å². The number of ether oxygens (including phenoxy) is 1. The molecule has 1 amide bonds. The van der Waals surface area contributed by atoms with Gasteiger partial charge in [-0.3, -0.25) is 4.79 Å². The first-order valence-corrected chi connectivity index (χ1v) is 7.97. The van der Waals surface area contributed by atoms with E-state index in [0.717, 1.165) is 0 Å². The van der Waals surface area contributed by atoms with Crippen molar-refractivity contribution in [3.05, 3.63) is 34.9 Å². The summed E-state index contributed by atoms with van der Waals surface area (Å²) >= 11 is 5.76. The van der Waals surface area contributed by atoms with Gasteiger partial charge in [0.25, 0.3) is 0 Å². The Kier molecular flexibility index (Phi) is 7.22. The minimum atomic E-state index is -1.17. The fourth-order valence-corrected chi connectivity index (χ4v) is 2.08. The van der Waals surface area contributed by atoms with Crippen LogP contribution in [0.3, 0.4) is 0 Å². The van der Waals surface area contributed by atoms with E-state index in [-0.39, 0.29) is 18.6 Å². The normalized spacial score (nSPS) is 12.3. The summed E-state index contributed by atoms with van der Waals surface area (Å²) in [5.41, 5.74) is -0.191. The Morgan fingerprint density at radius 2 is 1.79 bits per heavy atom. The zero-order valence-electron chi connectivity index (χ0n) is 14.0. The van der Waals surface area contributed by atoms with E-state index < -0.39 is 23.7 Å². The number of carbonyl (C=O) groups is 3. The summed E-state index contributed by atoms with van der Waals surface area (Å²) in [5, 5.41) is 12.0. The monoisotopic (exact) mass is 355 g/mol. The molecule has 0 saturated carbocycles. The number of benzene rings is 1. The molecular weight excluding hydrogens is 334 g/mol. The summed E-state index contributed by atoms with van der Waals surface area (Å²) in [6.45, 7) is 5.06. The van der Waals surface area contributed by atoms with Crippen LogP contribution in [0.5, 0.6) is 0 Å². The van der Waals surface area contributed by atoms with Gasteiger partial charge in [-0.25, -0.2) is 9.59 Å². The van der Waals surface area contributed by atoms with Crippen molar-refractivity contribution in [1.82, 2.24) is 5.32 Å². The van der Waals surface area contributed by atoms with Gasteiger partial charge in [0.2, 0.25) is 0 Å². The van der Waals surface area contributed by atoms with Gasteiger partial charge in [-0.05, 0) is 57.9 Å². The van der Waals surface area contributed by atoms with E-state index in [2.05, 4.69) is 5.32 Å². The van der Waals surface area contributed by atoms with Gasteiger partial charge in [-0.1, -0.05) is 11.6 Å². The number of rotatable bonds is 7. The first-order chi connectivity index (χ1) is 11.1. The third-order valence-electron chi connectivity index (χ3n) is 3.05. The summed E-state index contributed by atoms with van der Waals surface area (Å²) in [4.78, 5) is 34.9. The number of halogens is 1. The maximum absolute atomic E-state index is 12.0. The van der Waals surface area contributed by atoms with Crippen LogP contribution in [0.2, 0.25) is 5.02 Å². The molecule has 0 aromatic heterocycles. The van der Waals surface area contributed by atoms with Crippen molar-refractivity contribution in [3.8, 4) is 0 Å². The standard InChI is InChI=1S/C17H22ClNO5/c1-17(2,3)24-16(23)19-13(15(21)22)5-4-6-14(20)11-7-9-12(18)10-8-11/h7-10,13H,4-6H2,1-3H3,(H,19,23)(H,21,22). The molecule has 7 heteroatoms. The smallest absolute Gasteiger partial charge is 0.408 e. The Hall–Kier alpha value is -2.08. The Morgan fingerprint density at radius 1 is 1.21 bits per heavy atom. The van der Waals surface area contributed by atoms with Crippen LogP contribution < -0.4 is 5.32 Å². The molecule has 1 aromatic carbocycles. The highest BCUT2D eigenvalue weighted by atomic mass is 35.5. The molecule has 24 heavy (non-hydrogen) atoms. The Morgan fingerprint density at radius 3 is 2.29 bits per heavy atom. The zero-order valence-corrected chi connectivity index (χ0v) is 14.7. The average Bonchev–Trinajstić information content (AvgIpc) is 2.44. The highest BCUT2D eigenvalue weighted by Gasteiger charge is 2.23. The molecule has 1 unspecified atom stereocenters. The molecule has 0 fully saturated rings. The fraction of sp³-hybridized carbons (Fsp3) is 0.471. The Bertz CT molecular complexity index is 592. The highest BCUT2D eigenvalue weighted by molar-refractivity contribution is 6.30. The number of alkyl carbamates (subject to hydrolysis) is 1. The quantitative estimate of drug-likeness (QED) is 0.728. The lowest BCUT2D eigenvalue weighted by molar-refractivity contribution is -0.139. The second-order valence-electron chi connectivity index (χ2n) is 6.36. The molecule has 1 atom stereocenters. The van der Waals surface area contributed by atoms with Crippen LogP contribution in [0.15, 0.2) is 24.3 Å². The number of nitrogens with one attached hydrogen (secondary N) is 1. The van der Waals surface area contributed by atoms with Crippen LogP contribution in [0.25, 0.3) is 0 Å². The molecule has 6 nitrogen and oxygen atoms in total. The average molecular weight is 356 g/mol. The summed E-state index contributed by atoms with van der Waals surface area (Å²) in [7, 11) is 0. The molecule has 0 aliphatic heterocycles. The van der Waals surface area contributed by atoms with Crippen molar-refractivity contribution < 1.29 is 24.2 Å². The number of carboxylic acid groups (broad SMARTS) is 1. The second kappa shape index (κ2) is 8.68. The van der Waals surface area contributed by atoms with E-state index in [1.807, 2.05) is 0 Å². The molecule has 0 radical (unpaired) electrons. The van der Waals surface area contributed by atoms with Gasteiger partial charge in [-0.2, -0.15) is 0 Å². The maximum Gasteiger partial charge on any atom is 0.408 e. The Labute approximate surface area is 146 Å². The number of carboxylic acids is 1. The minimum Gasteiger partial charge on any atom is -0.480 e. The molecule has 0 aliphatic carbocycles. The Balaban J connectivity index is 2.49. The molecule has 2 N–H and O–H groups in total. The molecule has 1 aromatic rings. The zero-order chi connectivity index (χ0) is 18.3. The van der Waals surface area contributed by atoms with Crippen LogP contribution in [-0.2, 0) is 9.53 Å². The largest absolute Gasteiger partial charge is 0.480 e. The molecule has 132 valence electrons. The molecule has 0 spiro atoms. The number of carbonyl (C=O) groups excluding carboxylic acids is 2. The lowest BCUT2D eigenvalue weighted by atomic mass is 10.0. The van der Waals surface area contributed by atoms with Crippen molar-refractivity contribution in [3.63, 3.8) is 0 Å². The van der Waals surface area contributed by atoms with Gasteiger partial charge in [-0.15, -0.1) is 0 Å². The van der Waals surface area contributed by atoms with Crippen molar-refractivity contribution >= 4 is 29.4 Å². The third-order valence-corrected chi connectivity index (χ3v) is 3.30. The van der Waals surface area contributed by atoms with E-state index in [4.69, 9.17) is 21.4 Å². The van der Waals surface area contributed by atoms with Crippen LogP contribution in [0.4, 0.5) is 4.79 Å². The number of ketones is 1. The van der Waals surface area contributed by atoms with Crippen molar-refractivity contribution in [2.75, 3.05) is 0 Å². The summed E-state index contributed by atoms with van der Waals surface area (Å²) in [6, 6.07) is 5.40. The fourth-order valence-electron chi connectivity index (χ4n) is 1.95. The predicted octanol–water partition coefficient (Wildman–Crippen LogP) is 3.67. The van der Waals surface area contributed by atoms with Crippen LogP contribution in [0, 0.1) is 0 Å². The van der Waals surface area contributed by atoms with Gasteiger partial charge in [0.1, 0.15) is 11.6 Å². The van der Waals surface area contributed by atoms with Crippen LogP contribution in [0.1, 0.15) is 50.4 Å². The van der Waals surface area contributed by atoms with Crippen molar-refractivity contribution in [2.45, 2.75) is 51.7 Å². The molecule has 0 aliphatic rings. The summed E-state index contributed by atoms with van der Waals surface area (Å²) < 4.78 is 5.03. The van der Waals surface area contributed by atoms with Gasteiger partial charge >= 0.3 is 12.1 Å². The first kappa shape index (κ1) is 20.0. The summed E-state index contributed by atoms with van der Waals surface area (Å²) in [5.74, 6) is -1.27. The van der Waals surface area contributed by atoms with E-state index in [9.17, 15) is 14.4 Å². The molecule has 0 heterocycles. The predicted molar refractivity (Wildman–Crippen MR) is 90.4 cm³/mol. The van der Waals surface area contributed by atoms with Crippen molar-refractivity contribution in [2.24, 2.45) is 0 Å². The number of Topliss-reactive ketones (excluding diaryl/α,β-unsaturated/α-hetero) is 1. The lowest BCUT2D eigenvalue weighted by Gasteiger charge is -2.21. The lowest BCUT2D eigenvalue weighted by Crippen LogP contribution is -2.43. The van der Waals surface area contributed by atoms with Gasteiger partial charge in [0.05, 0.1) is 0 Å². The number of hydrogen-bond donors (Lipinski definition) is 2.